The molecule has 1 N–H and O–H groups in total. The molecule has 0 fully saturated rings. The lowest BCUT2D eigenvalue weighted by atomic mass is 9.84. The van der Waals surface area contributed by atoms with Gasteiger partial charge in [-0.1, -0.05) is 25.1 Å². The van der Waals surface area contributed by atoms with Gasteiger partial charge < -0.3 is 15.0 Å². The standard InChI is InChI=1S/C20H26N2O2S/c1-4-12-22-15-9-7-10-16(23)18(15)19(21-20(22)25)14-8-5-6-11-17(14)24-13(2)3/h5-6,8,11,13,19H,4,7,9-10,12H2,1-3H3,(H,21,25). The number of allylic oxidation sites excluding steroid dienone is 1. The molecule has 0 saturated heterocycles. The summed E-state index contributed by atoms with van der Waals surface area (Å²) in [6, 6.07) is 7.72. The number of hydrogen-bond acceptors (Lipinski definition) is 3. The Morgan fingerprint density at radius 3 is 2.80 bits per heavy atom. The van der Waals surface area contributed by atoms with E-state index in [0.717, 1.165) is 48.4 Å². The molecule has 2 aliphatic rings. The van der Waals surface area contributed by atoms with Gasteiger partial charge in [0.1, 0.15) is 5.75 Å². The van der Waals surface area contributed by atoms with Crippen LogP contribution >= 0.6 is 12.2 Å². The molecule has 0 aromatic heterocycles. The summed E-state index contributed by atoms with van der Waals surface area (Å²) in [5.74, 6) is 1.04. The van der Waals surface area contributed by atoms with Gasteiger partial charge in [-0.05, 0) is 51.4 Å². The lowest BCUT2D eigenvalue weighted by Gasteiger charge is -2.41. The molecule has 1 heterocycles. The average molecular weight is 359 g/mol. The number of thiocarbonyl (C=S) groups is 1. The first-order valence-corrected chi connectivity index (χ1v) is 9.53. The number of nitrogens with one attached hydrogen (secondary N) is 1. The first-order chi connectivity index (χ1) is 12.0. The molecule has 4 nitrogen and oxygen atoms in total. The zero-order chi connectivity index (χ0) is 18.0. The van der Waals surface area contributed by atoms with Crippen molar-refractivity contribution in [2.45, 2.75) is 58.6 Å². The molecular formula is C20H26N2O2S. The molecule has 0 bridgehead atoms. The van der Waals surface area contributed by atoms with Crippen LogP contribution in [0.5, 0.6) is 5.75 Å². The first kappa shape index (κ1) is 17.9. The van der Waals surface area contributed by atoms with E-state index in [4.69, 9.17) is 17.0 Å². The normalized spacial score (nSPS) is 20.6. The van der Waals surface area contributed by atoms with Gasteiger partial charge in [0.05, 0.1) is 12.1 Å². The summed E-state index contributed by atoms with van der Waals surface area (Å²) in [5.41, 5.74) is 2.96. The molecule has 0 spiro atoms. The number of ether oxygens (including phenoxy) is 1. The van der Waals surface area contributed by atoms with E-state index in [0.29, 0.717) is 11.5 Å². The summed E-state index contributed by atoms with van der Waals surface area (Å²) >= 11 is 5.64. The quantitative estimate of drug-likeness (QED) is 0.802. The molecule has 1 aromatic carbocycles. The molecule has 3 rings (SSSR count). The number of rotatable bonds is 5. The molecule has 1 atom stereocenters. The van der Waals surface area contributed by atoms with Gasteiger partial charge in [-0.25, -0.2) is 0 Å². The second-order valence-corrected chi connectivity index (χ2v) is 7.26. The topological polar surface area (TPSA) is 41.6 Å². The average Bonchev–Trinajstić information content (AvgIpc) is 2.57. The monoisotopic (exact) mass is 358 g/mol. The predicted molar refractivity (Wildman–Crippen MR) is 104 cm³/mol. The molecular weight excluding hydrogens is 332 g/mol. The van der Waals surface area contributed by atoms with Crippen LogP contribution in [0.2, 0.25) is 0 Å². The number of nitrogens with zero attached hydrogens (tertiary/aromatic N) is 1. The summed E-state index contributed by atoms with van der Waals surface area (Å²) in [4.78, 5) is 14.9. The van der Waals surface area contributed by atoms with Gasteiger partial charge in [0, 0.05) is 29.8 Å². The van der Waals surface area contributed by atoms with Crippen molar-refractivity contribution in [3.63, 3.8) is 0 Å². The fourth-order valence-corrected chi connectivity index (χ4v) is 3.94. The smallest absolute Gasteiger partial charge is 0.173 e. The Hall–Kier alpha value is -1.88. The van der Waals surface area contributed by atoms with Gasteiger partial charge in [0.25, 0.3) is 0 Å². The highest BCUT2D eigenvalue weighted by atomic mass is 32.1. The third kappa shape index (κ3) is 3.56. The van der Waals surface area contributed by atoms with Crippen LogP contribution in [0, 0.1) is 0 Å². The van der Waals surface area contributed by atoms with E-state index >= 15 is 0 Å². The van der Waals surface area contributed by atoms with E-state index in [-0.39, 0.29) is 17.9 Å². The summed E-state index contributed by atoms with van der Waals surface area (Å²) in [5, 5.41) is 4.12. The van der Waals surface area contributed by atoms with Gasteiger partial charge >= 0.3 is 0 Å². The molecule has 0 saturated carbocycles. The number of benzene rings is 1. The maximum Gasteiger partial charge on any atom is 0.173 e. The molecule has 1 aromatic rings. The number of hydrogen-bond donors (Lipinski definition) is 1. The van der Waals surface area contributed by atoms with Gasteiger partial charge in [-0.2, -0.15) is 0 Å². The van der Waals surface area contributed by atoms with Crippen LogP contribution < -0.4 is 10.1 Å². The van der Waals surface area contributed by atoms with Crippen LogP contribution in [0.1, 0.15) is 58.1 Å². The fraction of sp³-hybridized carbons (Fsp3) is 0.500. The molecule has 25 heavy (non-hydrogen) atoms. The van der Waals surface area contributed by atoms with Crippen molar-refractivity contribution < 1.29 is 9.53 Å². The van der Waals surface area contributed by atoms with Crippen molar-refractivity contribution in [1.29, 1.82) is 0 Å². The highest BCUT2D eigenvalue weighted by molar-refractivity contribution is 7.80. The highest BCUT2D eigenvalue weighted by Gasteiger charge is 2.37. The van der Waals surface area contributed by atoms with Crippen molar-refractivity contribution in [2.24, 2.45) is 0 Å². The molecule has 5 heteroatoms. The van der Waals surface area contributed by atoms with E-state index < -0.39 is 0 Å². The van der Waals surface area contributed by atoms with E-state index in [1.165, 1.54) is 0 Å². The highest BCUT2D eigenvalue weighted by Crippen LogP contribution is 2.40. The SMILES string of the molecule is CCCN1C(=S)NC(c2ccccc2OC(C)C)C2=C1CCCC2=O. The van der Waals surface area contributed by atoms with E-state index in [2.05, 4.69) is 17.1 Å². The van der Waals surface area contributed by atoms with Crippen molar-refractivity contribution >= 4 is 23.1 Å². The predicted octanol–water partition coefficient (Wildman–Crippen LogP) is 4.12. The maximum atomic E-state index is 12.8. The van der Waals surface area contributed by atoms with Gasteiger partial charge in [0.2, 0.25) is 0 Å². The molecule has 0 amide bonds. The summed E-state index contributed by atoms with van der Waals surface area (Å²) in [7, 11) is 0. The Bertz CT molecular complexity index is 711. The second kappa shape index (κ2) is 7.56. The Labute approximate surface area is 155 Å². The Morgan fingerprint density at radius 1 is 1.32 bits per heavy atom. The van der Waals surface area contributed by atoms with E-state index in [9.17, 15) is 4.79 Å². The lowest BCUT2D eigenvalue weighted by molar-refractivity contribution is -0.116. The molecule has 1 unspecified atom stereocenters. The van der Waals surface area contributed by atoms with Crippen LogP contribution in [-0.2, 0) is 4.79 Å². The Kier molecular flexibility index (Phi) is 5.42. The third-order valence-corrected chi connectivity index (χ3v) is 4.93. The minimum atomic E-state index is -0.224. The van der Waals surface area contributed by atoms with Crippen LogP contribution in [-0.4, -0.2) is 28.4 Å². The number of para-hydroxylation sites is 1. The Morgan fingerprint density at radius 2 is 2.08 bits per heavy atom. The fourth-order valence-electron chi connectivity index (χ4n) is 3.62. The zero-order valence-corrected chi connectivity index (χ0v) is 16.0. The van der Waals surface area contributed by atoms with Gasteiger partial charge in [-0.3, -0.25) is 4.79 Å². The zero-order valence-electron chi connectivity index (χ0n) is 15.2. The van der Waals surface area contributed by atoms with Crippen LogP contribution in [0.3, 0.4) is 0 Å². The van der Waals surface area contributed by atoms with Crippen LogP contribution in [0.4, 0.5) is 0 Å². The largest absolute Gasteiger partial charge is 0.491 e. The van der Waals surface area contributed by atoms with Crippen LogP contribution in [0.15, 0.2) is 35.5 Å². The number of carbonyl (C=O) groups excluding carboxylic acids is 1. The minimum Gasteiger partial charge on any atom is -0.491 e. The molecule has 0 radical (unpaired) electrons. The number of Topliss-reactive ketones (excluding diaryl/α,β-unsaturated/α-hetero) is 1. The number of carbonyl (C=O) groups is 1. The second-order valence-electron chi connectivity index (χ2n) is 6.88. The van der Waals surface area contributed by atoms with E-state index in [1.54, 1.807) is 0 Å². The summed E-state index contributed by atoms with van der Waals surface area (Å²) in [6.45, 7) is 6.99. The van der Waals surface area contributed by atoms with E-state index in [1.807, 2.05) is 38.1 Å². The minimum absolute atomic E-state index is 0.0730. The Balaban J connectivity index is 2.09. The molecule has 134 valence electrons. The molecule has 1 aliphatic heterocycles. The summed E-state index contributed by atoms with van der Waals surface area (Å²) < 4.78 is 5.99. The summed E-state index contributed by atoms with van der Waals surface area (Å²) in [6.07, 6.45) is 3.48. The number of ketones is 1. The lowest BCUT2D eigenvalue weighted by Crippen LogP contribution is -2.49. The third-order valence-electron chi connectivity index (χ3n) is 4.60. The van der Waals surface area contributed by atoms with Crippen molar-refractivity contribution in [1.82, 2.24) is 10.2 Å². The van der Waals surface area contributed by atoms with Crippen molar-refractivity contribution in [3.8, 4) is 5.75 Å². The maximum absolute atomic E-state index is 12.8. The van der Waals surface area contributed by atoms with Gasteiger partial charge in [-0.15, -0.1) is 0 Å². The first-order valence-electron chi connectivity index (χ1n) is 9.12. The van der Waals surface area contributed by atoms with Crippen molar-refractivity contribution in [2.75, 3.05) is 6.54 Å². The molecule has 1 aliphatic carbocycles. The van der Waals surface area contributed by atoms with Gasteiger partial charge in [0.15, 0.2) is 10.9 Å². The van der Waals surface area contributed by atoms with Crippen molar-refractivity contribution in [3.05, 3.63) is 41.1 Å². The van der Waals surface area contributed by atoms with Crippen LogP contribution in [0.25, 0.3) is 0 Å².